The van der Waals surface area contributed by atoms with E-state index in [-0.39, 0.29) is 5.78 Å². The zero-order valence-electron chi connectivity index (χ0n) is 8.87. The Hall–Kier alpha value is -1.44. The van der Waals surface area contributed by atoms with E-state index < -0.39 is 0 Å². The minimum absolute atomic E-state index is 0.0124. The lowest BCUT2D eigenvalue weighted by molar-refractivity contribution is 0.101. The van der Waals surface area contributed by atoms with E-state index >= 15 is 0 Å². The molecule has 0 radical (unpaired) electrons. The molecule has 1 rings (SSSR count). The summed E-state index contributed by atoms with van der Waals surface area (Å²) in [5, 5.41) is 1.99. The number of pyridine rings is 1. The zero-order valence-corrected chi connectivity index (χ0v) is 8.87. The third-order valence-electron chi connectivity index (χ3n) is 2.03. The van der Waals surface area contributed by atoms with Gasteiger partial charge in [-0.2, -0.15) is 0 Å². The number of ketones is 1. The topological polar surface area (TPSA) is 30.0 Å². The normalized spacial score (nSPS) is 13.4. The first-order chi connectivity index (χ1) is 6.69. The Morgan fingerprint density at radius 1 is 1.50 bits per heavy atom. The van der Waals surface area contributed by atoms with Crippen molar-refractivity contribution in [3.05, 3.63) is 28.4 Å². The van der Waals surface area contributed by atoms with Gasteiger partial charge in [0.25, 0.3) is 0 Å². The SMILES string of the molecule is C/C=c1/ccc(C(C)=O)n/c1=C/CC. The number of carbonyl (C=O) groups excluding carboxylic acids is 1. The molecule has 0 fully saturated rings. The second-order valence-electron chi connectivity index (χ2n) is 3.13. The molecule has 0 spiro atoms. The van der Waals surface area contributed by atoms with Crippen molar-refractivity contribution in [1.29, 1.82) is 0 Å². The summed E-state index contributed by atoms with van der Waals surface area (Å²) in [6.07, 6.45) is 4.95. The average molecular weight is 189 g/mol. The Labute approximate surface area is 84.0 Å². The highest BCUT2D eigenvalue weighted by molar-refractivity contribution is 5.91. The molecule has 0 unspecified atom stereocenters. The van der Waals surface area contributed by atoms with Gasteiger partial charge >= 0.3 is 0 Å². The molecule has 0 saturated carbocycles. The van der Waals surface area contributed by atoms with E-state index in [1.54, 1.807) is 6.07 Å². The summed E-state index contributed by atoms with van der Waals surface area (Å²) in [5.74, 6) is 0.0124. The lowest BCUT2D eigenvalue weighted by Crippen LogP contribution is -2.29. The van der Waals surface area contributed by atoms with E-state index in [0.29, 0.717) is 5.69 Å². The molecule has 0 N–H and O–H groups in total. The number of carbonyl (C=O) groups is 1. The van der Waals surface area contributed by atoms with Crippen LogP contribution in [0.3, 0.4) is 0 Å². The molecule has 14 heavy (non-hydrogen) atoms. The fourth-order valence-corrected chi connectivity index (χ4v) is 1.28. The highest BCUT2D eigenvalue weighted by atomic mass is 16.1. The summed E-state index contributed by atoms with van der Waals surface area (Å²) in [7, 11) is 0. The van der Waals surface area contributed by atoms with Crippen molar-refractivity contribution in [2.24, 2.45) is 0 Å². The van der Waals surface area contributed by atoms with Crippen LogP contribution < -0.4 is 10.6 Å². The van der Waals surface area contributed by atoms with Crippen LogP contribution in [0.4, 0.5) is 0 Å². The van der Waals surface area contributed by atoms with Crippen molar-refractivity contribution in [2.75, 3.05) is 0 Å². The van der Waals surface area contributed by atoms with Crippen molar-refractivity contribution >= 4 is 17.9 Å². The Kier molecular flexibility index (Phi) is 3.57. The summed E-state index contributed by atoms with van der Waals surface area (Å²) in [6, 6.07) is 3.70. The Morgan fingerprint density at radius 2 is 2.21 bits per heavy atom. The Morgan fingerprint density at radius 3 is 2.71 bits per heavy atom. The highest BCUT2D eigenvalue weighted by Crippen LogP contribution is 1.88. The van der Waals surface area contributed by atoms with Crippen molar-refractivity contribution in [1.82, 2.24) is 4.98 Å². The van der Waals surface area contributed by atoms with Crippen LogP contribution in [0, 0.1) is 0 Å². The molecular formula is C12H15NO. The molecule has 0 amide bonds. The average Bonchev–Trinajstić information content (AvgIpc) is 2.18. The monoisotopic (exact) mass is 189 g/mol. The standard InChI is InChI=1S/C12H15NO/c1-4-6-12-10(5-2)7-8-11(13-12)9(3)14/h5-8H,4H2,1-3H3/b10-5-,12-6+. The number of nitrogens with zero attached hydrogens (tertiary/aromatic N) is 1. The Bertz CT molecular complexity index is 446. The first kappa shape index (κ1) is 10.6. The van der Waals surface area contributed by atoms with Crippen molar-refractivity contribution in [3.63, 3.8) is 0 Å². The summed E-state index contributed by atoms with van der Waals surface area (Å²) in [6.45, 7) is 5.56. The van der Waals surface area contributed by atoms with Gasteiger partial charge in [0.05, 0.1) is 5.35 Å². The molecule has 74 valence electrons. The molecule has 1 aromatic heterocycles. The fraction of sp³-hybridized carbons (Fsp3) is 0.333. The van der Waals surface area contributed by atoms with Crippen LogP contribution in [0.2, 0.25) is 0 Å². The smallest absolute Gasteiger partial charge is 0.178 e. The fourth-order valence-electron chi connectivity index (χ4n) is 1.28. The summed E-state index contributed by atoms with van der Waals surface area (Å²) >= 11 is 0. The van der Waals surface area contributed by atoms with Crippen molar-refractivity contribution < 1.29 is 4.79 Å². The summed E-state index contributed by atoms with van der Waals surface area (Å²) in [5.41, 5.74) is 0.537. The van der Waals surface area contributed by atoms with E-state index in [1.165, 1.54) is 6.92 Å². The molecule has 1 heterocycles. The van der Waals surface area contributed by atoms with Gasteiger partial charge in [0.15, 0.2) is 5.78 Å². The summed E-state index contributed by atoms with van der Waals surface area (Å²) in [4.78, 5) is 15.4. The van der Waals surface area contributed by atoms with Crippen LogP contribution in [0.5, 0.6) is 0 Å². The van der Waals surface area contributed by atoms with Gasteiger partial charge in [-0.05, 0) is 24.6 Å². The molecule has 0 saturated heterocycles. The third kappa shape index (κ3) is 2.28. The maximum atomic E-state index is 11.1. The number of aromatic nitrogens is 1. The molecule has 2 nitrogen and oxygen atoms in total. The second-order valence-corrected chi connectivity index (χ2v) is 3.13. The largest absolute Gasteiger partial charge is 0.293 e. The van der Waals surface area contributed by atoms with Crippen molar-refractivity contribution in [2.45, 2.75) is 27.2 Å². The van der Waals surface area contributed by atoms with Crippen LogP contribution in [0.15, 0.2) is 12.1 Å². The van der Waals surface area contributed by atoms with E-state index in [1.807, 2.05) is 25.1 Å². The summed E-state index contributed by atoms with van der Waals surface area (Å²) < 4.78 is 0. The minimum Gasteiger partial charge on any atom is -0.293 e. The number of hydrogen-bond donors (Lipinski definition) is 0. The maximum Gasteiger partial charge on any atom is 0.178 e. The molecule has 0 bridgehead atoms. The predicted molar refractivity (Wildman–Crippen MR) is 58.4 cm³/mol. The number of rotatable bonds is 2. The van der Waals surface area contributed by atoms with Crippen LogP contribution in [0.1, 0.15) is 37.7 Å². The van der Waals surface area contributed by atoms with Crippen molar-refractivity contribution in [3.8, 4) is 0 Å². The van der Waals surface area contributed by atoms with Gasteiger partial charge in [0.2, 0.25) is 0 Å². The lowest BCUT2D eigenvalue weighted by Gasteiger charge is -1.95. The van der Waals surface area contributed by atoms with Gasteiger partial charge in [-0.1, -0.05) is 25.1 Å². The van der Waals surface area contributed by atoms with Gasteiger partial charge in [-0.25, -0.2) is 4.98 Å². The van der Waals surface area contributed by atoms with Gasteiger partial charge < -0.3 is 0 Å². The predicted octanol–water partition coefficient (Wildman–Crippen LogP) is 1.28. The van der Waals surface area contributed by atoms with E-state index in [4.69, 9.17) is 0 Å². The van der Waals surface area contributed by atoms with Crippen LogP contribution in [0.25, 0.3) is 12.2 Å². The molecule has 1 aromatic rings. The zero-order chi connectivity index (χ0) is 10.6. The molecule has 0 aliphatic heterocycles. The van der Waals surface area contributed by atoms with Gasteiger partial charge in [0.1, 0.15) is 5.69 Å². The molecule has 0 aliphatic rings. The van der Waals surface area contributed by atoms with E-state index in [2.05, 4.69) is 11.9 Å². The molecule has 0 atom stereocenters. The molecular weight excluding hydrogens is 174 g/mol. The molecule has 2 heteroatoms. The minimum atomic E-state index is 0.0124. The number of Topliss-reactive ketones (excluding diaryl/α,β-unsaturated/α-hetero) is 1. The van der Waals surface area contributed by atoms with Crippen LogP contribution in [-0.4, -0.2) is 10.8 Å². The Balaban J connectivity index is 3.44. The lowest BCUT2D eigenvalue weighted by atomic mass is 10.2. The quantitative estimate of drug-likeness (QED) is 0.656. The first-order valence-electron chi connectivity index (χ1n) is 4.83. The van der Waals surface area contributed by atoms with Gasteiger partial charge in [-0.3, -0.25) is 4.79 Å². The van der Waals surface area contributed by atoms with E-state index in [9.17, 15) is 4.79 Å². The van der Waals surface area contributed by atoms with Gasteiger partial charge in [0, 0.05) is 6.92 Å². The number of hydrogen-bond acceptors (Lipinski definition) is 2. The molecule has 0 aromatic carbocycles. The maximum absolute atomic E-state index is 11.1. The van der Waals surface area contributed by atoms with E-state index in [0.717, 1.165) is 17.0 Å². The first-order valence-corrected chi connectivity index (χ1v) is 4.83. The van der Waals surface area contributed by atoms with Crippen LogP contribution in [-0.2, 0) is 0 Å². The van der Waals surface area contributed by atoms with Crippen LogP contribution >= 0.6 is 0 Å². The molecule has 0 aliphatic carbocycles. The highest BCUT2D eigenvalue weighted by Gasteiger charge is 1.98. The third-order valence-corrected chi connectivity index (χ3v) is 2.03. The van der Waals surface area contributed by atoms with Gasteiger partial charge in [-0.15, -0.1) is 0 Å². The second kappa shape index (κ2) is 4.70.